The van der Waals surface area contributed by atoms with Crippen molar-refractivity contribution < 1.29 is 10.0 Å². The quantitative estimate of drug-likeness (QED) is 0.150. The van der Waals surface area contributed by atoms with Gasteiger partial charge in [-0.2, -0.15) is 0 Å². The molecule has 0 spiro atoms. The normalized spacial score (nSPS) is 21.3. The number of nitrogens with zero attached hydrogens (tertiary/aromatic N) is 2. The van der Waals surface area contributed by atoms with Crippen molar-refractivity contribution in [3.8, 4) is 0 Å². The summed E-state index contributed by atoms with van der Waals surface area (Å²) in [6.45, 7) is 7.48. The molecule has 0 aromatic heterocycles. The fraction of sp³-hybridized carbons (Fsp3) is 0.917. The Balaban J connectivity index is 2.67. The molecule has 1 amide bonds. The molecule has 5 heteroatoms. The second-order valence-corrected chi connectivity index (χ2v) is 9.78. The van der Waals surface area contributed by atoms with Gasteiger partial charge in [0, 0.05) is 6.54 Å². The molecule has 1 N–H and O–H groups in total. The Morgan fingerprint density at radius 3 is 1.93 bits per heavy atom. The van der Waals surface area contributed by atoms with Gasteiger partial charge in [0.1, 0.15) is 5.04 Å². The molecule has 0 aliphatic carbocycles. The summed E-state index contributed by atoms with van der Waals surface area (Å²) in [5.41, 5.74) is 0. The molecule has 0 bridgehead atoms. The lowest BCUT2D eigenvalue weighted by atomic mass is 10.0. The summed E-state index contributed by atoms with van der Waals surface area (Å²) in [6, 6.07) is -0.0169. The van der Waals surface area contributed by atoms with Gasteiger partial charge in [0.15, 0.2) is 0 Å². The van der Waals surface area contributed by atoms with Gasteiger partial charge in [0.25, 0.3) is 0 Å². The molecule has 0 aromatic rings. The first-order chi connectivity index (χ1) is 14.2. The van der Waals surface area contributed by atoms with E-state index in [0.29, 0.717) is 0 Å². The van der Waals surface area contributed by atoms with E-state index >= 15 is 0 Å². The highest BCUT2D eigenvalue weighted by atomic mass is 32.2. The number of oxime groups is 1. The summed E-state index contributed by atoms with van der Waals surface area (Å²) in [6.07, 6.45) is 18.6. The zero-order valence-corrected chi connectivity index (χ0v) is 20.2. The van der Waals surface area contributed by atoms with Crippen LogP contribution in [0.2, 0.25) is 0 Å². The highest BCUT2D eigenvalue weighted by Crippen LogP contribution is 2.33. The van der Waals surface area contributed by atoms with Gasteiger partial charge in [-0.05, 0) is 19.3 Å². The maximum absolute atomic E-state index is 13.3. The van der Waals surface area contributed by atoms with Crippen molar-refractivity contribution in [3.63, 3.8) is 0 Å². The van der Waals surface area contributed by atoms with E-state index in [1.807, 2.05) is 0 Å². The predicted molar refractivity (Wildman–Crippen MR) is 127 cm³/mol. The number of unbranched alkanes of at least 4 members (excludes halogenated alkanes) is 11. The number of thioether (sulfide) groups is 1. The molecule has 2 atom stereocenters. The first kappa shape index (κ1) is 26.3. The topological polar surface area (TPSA) is 52.9 Å². The lowest BCUT2D eigenvalue weighted by molar-refractivity contribution is -0.132. The highest BCUT2D eigenvalue weighted by Gasteiger charge is 2.39. The first-order valence-corrected chi connectivity index (χ1v) is 13.3. The minimum Gasteiger partial charge on any atom is -0.410 e. The molecule has 1 aliphatic heterocycles. The lowest BCUT2D eigenvalue weighted by Gasteiger charge is -2.39. The van der Waals surface area contributed by atoms with E-state index in [9.17, 15) is 10.0 Å². The van der Waals surface area contributed by atoms with Crippen LogP contribution in [0, 0.1) is 0 Å². The van der Waals surface area contributed by atoms with E-state index in [-0.39, 0.29) is 17.2 Å². The van der Waals surface area contributed by atoms with Crippen LogP contribution in [0.1, 0.15) is 124 Å². The van der Waals surface area contributed by atoms with E-state index in [0.717, 1.165) is 43.7 Å². The molecule has 1 heterocycles. The van der Waals surface area contributed by atoms with Crippen LogP contribution in [0.15, 0.2) is 5.16 Å². The smallest absolute Gasteiger partial charge is 0.236 e. The number of rotatable bonds is 17. The molecule has 0 radical (unpaired) electrons. The maximum Gasteiger partial charge on any atom is 0.236 e. The van der Waals surface area contributed by atoms with Crippen LogP contribution in [-0.4, -0.2) is 38.9 Å². The standard InChI is InChI=1S/C24H46N2O2S/c1-4-7-10-13-14-16-19-22-24(27)26(20-17-12-9-6-3)21(23(25-28)29-22)18-15-11-8-5-2/h21-22,28H,4-20H2,1-3H3. The second-order valence-electron chi connectivity index (χ2n) is 8.56. The predicted octanol–water partition coefficient (Wildman–Crippen LogP) is 7.39. The lowest BCUT2D eigenvalue weighted by Crippen LogP contribution is -2.53. The molecule has 1 rings (SSSR count). The van der Waals surface area contributed by atoms with Crippen LogP contribution in [-0.2, 0) is 4.79 Å². The SMILES string of the molecule is CCCCCCCCC1SC(=NO)C(CCCCCC)N(CCCCCC)C1=O. The summed E-state index contributed by atoms with van der Waals surface area (Å²) >= 11 is 1.54. The molecule has 4 nitrogen and oxygen atoms in total. The zero-order chi connectivity index (χ0) is 21.3. The molecule has 29 heavy (non-hydrogen) atoms. The monoisotopic (exact) mass is 426 g/mol. The average Bonchev–Trinajstić information content (AvgIpc) is 2.73. The Morgan fingerprint density at radius 2 is 1.31 bits per heavy atom. The van der Waals surface area contributed by atoms with Gasteiger partial charge in [-0.3, -0.25) is 4.79 Å². The maximum atomic E-state index is 13.3. The highest BCUT2D eigenvalue weighted by molar-refractivity contribution is 8.15. The first-order valence-electron chi connectivity index (χ1n) is 12.4. The third-order valence-corrected chi connectivity index (χ3v) is 7.30. The largest absolute Gasteiger partial charge is 0.410 e. The van der Waals surface area contributed by atoms with E-state index in [1.54, 1.807) is 0 Å². The van der Waals surface area contributed by atoms with Gasteiger partial charge < -0.3 is 10.1 Å². The van der Waals surface area contributed by atoms with E-state index in [4.69, 9.17) is 0 Å². The van der Waals surface area contributed by atoms with Gasteiger partial charge in [0.2, 0.25) is 5.91 Å². The summed E-state index contributed by atoms with van der Waals surface area (Å²) in [5.74, 6) is 0.285. The Hall–Kier alpha value is -0.710. The fourth-order valence-corrected chi connectivity index (χ4v) is 5.41. The number of hydrogen-bond donors (Lipinski definition) is 1. The van der Waals surface area contributed by atoms with Crippen LogP contribution < -0.4 is 0 Å². The molecular weight excluding hydrogens is 380 g/mol. The average molecular weight is 427 g/mol. The van der Waals surface area contributed by atoms with Crippen molar-refractivity contribution in [2.24, 2.45) is 5.16 Å². The summed E-state index contributed by atoms with van der Waals surface area (Å²) < 4.78 is 0. The molecule has 1 fully saturated rings. The summed E-state index contributed by atoms with van der Waals surface area (Å²) in [7, 11) is 0. The minimum absolute atomic E-state index is 0.0169. The van der Waals surface area contributed by atoms with E-state index in [1.165, 1.54) is 82.4 Å². The summed E-state index contributed by atoms with van der Waals surface area (Å²) in [5, 5.41) is 14.1. The van der Waals surface area contributed by atoms with Crippen LogP contribution in [0.25, 0.3) is 0 Å². The summed E-state index contributed by atoms with van der Waals surface area (Å²) in [4.78, 5) is 15.3. The third-order valence-electron chi connectivity index (χ3n) is 5.98. The molecule has 0 aromatic carbocycles. The Morgan fingerprint density at radius 1 is 0.793 bits per heavy atom. The molecule has 1 aliphatic rings. The van der Waals surface area contributed by atoms with E-state index in [2.05, 4.69) is 30.8 Å². The second kappa shape index (κ2) is 17.0. The number of hydrogen-bond acceptors (Lipinski definition) is 4. The fourth-order valence-electron chi connectivity index (χ4n) is 4.15. The Bertz CT molecular complexity index is 456. The van der Waals surface area contributed by atoms with Gasteiger partial charge in [0.05, 0.1) is 11.3 Å². The Labute approximate surface area is 184 Å². The molecule has 0 saturated carbocycles. The van der Waals surface area contributed by atoms with Crippen molar-refractivity contribution in [2.75, 3.05) is 6.54 Å². The van der Waals surface area contributed by atoms with Gasteiger partial charge in [-0.15, -0.1) is 0 Å². The van der Waals surface area contributed by atoms with E-state index < -0.39 is 0 Å². The molecule has 1 saturated heterocycles. The van der Waals surface area contributed by atoms with Gasteiger partial charge in [-0.1, -0.05) is 121 Å². The van der Waals surface area contributed by atoms with Gasteiger partial charge >= 0.3 is 0 Å². The number of carbonyl (C=O) groups is 1. The van der Waals surface area contributed by atoms with Crippen LogP contribution in [0.5, 0.6) is 0 Å². The minimum atomic E-state index is -0.0647. The van der Waals surface area contributed by atoms with Crippen molar-refractivity contribution in [1.82, 2.24) is 4.90 Å². The third kappa shape index (κ3) is 10.2. The van der Waals surface area contributed by atoms with Crippen molar-refractivity contribution in [3.05, 3.63) is 0 Å². The number of amides is 1. The van der Waals surface area contributed by atoms with Crippen LogP contribution >= 0.6 is 11.8 Å². The Kier molecular flexibility index (Phi) is 15.5. The number of carbonyl (C=O) groups excluding carboxylic acids is 1. The van der Waals surface area contributed by atoms with Crippen molar-refractivity contribution in [2.45, 2.75) is 135 Å². The van der Waals surface area contributed by atoms with Crippen LogP contribution in [0.4, 0.5) is 0 Å². The molecule has 170 valence electrons. The molecular formula is C24H46N2O2S. The molecule has 2 unspecified atom stereocenters. The van der Waals surface area contributed by atoms with Gasteiger partial charge in [-0.25, -0.2) is 0 Å². The zero-order valence-electron chi connectivity index (χ0n) is 19.3. The van der Waals surface area contributed by atoms with Crippen molar-refractivity contribution in [1.29, 1.82) is 0 Å². The van der Waals surface area contributed by atoms with Crippen LogP contribution in [0.3, 0.4) is 0 Å². The van der Waals surface area contributed by atoms with Crippen molar-refractivity contribution >= 4 is 22.7 Å².